The first-order valence-electron chi connectivity index (χ1n) is 4.77. The van der Waals surface area contributed by atoms with Crippen LogP contribution in [-0.4, -0.2) is 19.3 Å². The van der Waals surface area contributed by atoms with Crippen LogP contribution < -0.4 is 5.32 Å². The van der Waals surface area contributed by atoms with Crippen LogP contribution in [0.2, 0.25) is 4.34 Å². The molecule has 0 aliphatic rings. The van der Waals surface area contributed by atoms with E-state index in [0.29, 0.717) is 6.04 Å². The third-order valence-corrected chi connectivity index (χ3v) is 3.06. The Morgan fingerprint density at radius 1 is 1.57 bits per heavy atom. The lowest BCUT2D eigenvalue weighted by Gasteiger charge is -2.12. The summed E-state index contributed by atoms with van der Waals surface area (Å²) in [5.74, 6) is 0. The van der Waals surface area contributed by atoms with Crippen LogP contribution in [0.5, 0.6) is 0 Å². The first-order chi connectivity index (χ1) is 6.72. The average molecular weight is 234 g/mol. The van der Waals surface area contributed by atoms with Crippen molar-refractivity contribution >= 4 is 22.9 Å². The van der Waals surface area contributed by atoms with Crippen LogP contribution in [-0.2, 0) is 11.3 Å². The molecule has 0 aliphatic carbocycles. The average Bonchev–Trinajstić information content (AvgIpc) is 2.58. The highest BCUT2D eigenvalue weighted by atomic mass is 35.5. The second-order valence-corrected chi connectivity index (χ2v) is 4.95. The molecule has 0 fully saturated rings. The predicted molar refractivity (Wildman–Crippen MR) is 62.1 cm³/mol. The minimum absolute atomic E-state index is 0.385. The van der Waals surface area contributed by atoms with E-state index < -0.39 is 0 Å². The molecule has 1 N–H and O–H groups in total. The molecule has 0 spiro atoms. The summed E-state index contributed by atoms with van der Waals surface area (Å²) in [7, 11) is 0. The van der Waals surface area contributed by atoms with Gasteiger partial charge in [-0.2, -0.15) is 0 Å². The Bertz CT molecular complexity index is 264. The van der Waals surface area contributed by atoms with Crippen LogP contribution in [0, 0.1) is 0 Å². The lowest BCUT2D eigenvalue weighted by Crippen LogP contribution is -2.29. The van der Waals surface area contributed by atoms with Crippen LogP contribution in [0.15, 0.2) is 12.1 Å². The van der Waals surface area contributed by atoms with Gasteiger partial charge in [0.2, 0.25) is 0 Å². The van der Waals surface area contributed by atoms with Gasteiger partial charge in [0.25, 0.3) is 0 Å². The number of rotatable bonds is 6. The molecule has 1 heterocycles. The second-order valence-electron chi connectivity index (χ2n) is 3.15. The molecule has 1 rings (SSSR count). The SMILES string of the molecule is CCOCC(C)NCc1ccc(Cl)s1. The standard InChI is InChI=1S/C10H16ClNOS/c1-3-13-7-8(2)12-6-9-4-5-10(11)14-9/h4-5,8,12H,3,6-7H2,1-2H3. The Hall–Kier alpha value is -0.0900. The van der Waals surface area contributed by atoms with E-state index in [9.17, 15) is 0 Å². The molecule has 1 aromatic heterocycles. The maximum absolute atomic E-state index is 5.83. The molecular formula is C10H16ClNOS. The Labute approximate surface area is 94.2 Å². The smallest absolute Gasteiger partial charge is 0.0931 e. The summed E-state index contributed by atoms with van der Waals surface area (Å²) in [5.41, 5.74) is 0. The Morgan fingerprint density at radius 2 is 2.36 bits per heavy atom. The molecule has 0 aliphatic heterocycles. The van der Waals surface area contributed by atoms with Gasteiger partial charge in [0, 0.05) is 24.1 Å². The maximum atomic E-state index is 5.83. The molecule has 0 saturated carbocycles. The fourth-order valence-corrected chi connectivity index (χ4v) is 2.11. The van der Waals surface area contributed by atoms with Crippen molar-refractivity contribution in [2.24, 2.45) is 0 Å². The monoisotopic (exact) mass is 233 g/mol. The Kier molecular flexibility index (Phi) is 5.48. The van der Waals surface area contributed by atoms with Crippen molar-refractivity contribution in [3.8, 4) is 0 Å². The van der Waals surface area contributed by atoms with Crippen LogP contribution in [0.1, 0.15) is 18.7 Å². The van der Waals surface area contributed by atoms with Crippen LogP contribution >= 0.6 is 22.9 Å². The van der Waals surface area contributed by atoms with Gasteiger partial charge in [0.05, 0.1) is 10.9 Å². The van der Waals surface area contributed by atoms with E-state index in [0.717, 1.165) is 24.1 Å². The van der Waals surface area contributed by atoms with Crippen molar-refractivity contribution in [2.75, 3.05) is 13.2 Å². The first kappa shape index (κ1) is 12.0. The molecule has 1 unspecified atom stereocenters. The highest BCUT2D eigenvalue weighted by molar-refractivity contribution is 7.16. The van der Waals surface area contributed by atoms with E-state index in [1.165, 1.54) is 4.88 Å². The molecule has 1 atom stereocenters. The minimum atomic E-state index is 0.385. The lowest BCUT2D eigenvalue weighted by atomic mass is 10.3. The normalized spacial score (nSPS) is 13.1. The van der Waals surface area contributed by atoms with Gasteiger partial charge in [-0.3, -0.25) is 0 Å². The molecule has 0 amide bonds. The third-order valence-electron chi connectivity index (χ3n) is 1.83. The fourth-order valence-electron chi connectivity index (χ4n) is 1.08. The highest BCUT2D eigenvalue weighted by Crippen LogP contribution is 2.21. The van der Waals surface area contributed by atoms with Gasteiger partial charge >= 0.3 is 0 Å². The molecule has 0 bridgehead atoms. The topological polar surface area (TPSA) is 21.3 Å². The van der Waals surface area contributed by atoms with Crippen molar-refractivity contribution in [3.05, 3.63) is 21.3 Å². The summed E-state index contributed by atoms with van der Waals surface area (Å²) in [6, 6.07) is 4.36. The summed E-state index contributed by atoms with van der Waals surface area (Å²) >= 11 is 7.44. The number of hydrogen-bond acceptors (Lipinski definition) is 3. The summed E-state index contributed by atoms with van der Waals surface area (Å²) in [6.45, 7) is 6.52. The van der Waals surface area contributed by atoms with Gasteiger partial charge in [-0.05, 0) is 26.0 Å². The number of halogens is 1. The first-order valence-corrected chi connectivity index (χ1v) is 5.97. The van der Waals surface area contributed by atoms with E-state index in [2.05, 4.69) is 12.2 Å². The molecule has 80 valence electrons. The van der Waals surface area contributed by atoms with E-state index in [1.54, 1.807) is 11.3 Å². The fraction of sp³-hybridized carbons (Fsp3) is 0.600. The van der Waals surface area contributed by atoms with Crippen molar-refractivity contribution < 1.29 is 4.74 Å². The molecule has 1 aromatic rings. The highest BCUT2D eigenvalue weighted by Gasteiger charge is 2.02. The summed E-state index contributed by atoms with van der Waals surface area (Å²) in [5, 5.41) is 3.37. The number of thiophene rings is 1. The zero-order chi connectivity index (χ0) is 10.4. The Balaban J connectivity index is 2.20. The number of ether oxygens (including phenoxy) is 1. The van der Waals surface area contributed by atoms with Crippen LogP contribution in [0.25, 0.3) is 0 Å². The van der Waals surface area contributed by atoms with E-state index in [-0.39, 0.29) is 0 Å². The molecular weight excluding hydrogens is 218 g/mol. The number of hydrogen-bond donors (Lipinski definition) is 1. The molecule has 0 saturated heterocycles. The van der Waals surface area contributed by atoms with Gasteiger partial charge < -0.3 is 10.1 Å². The zero-order valence-electron chi connectivity index (χ0n) is 8.55. The van der Waals surface area contributed by atoms with Gasteiger partial charge in [0.15, 0.2) is 0 Å². The van der Waals surface area contributed by atoms with E-state index in [1.807, 2.05) is 19.1 Å². The molecule has 0 radical (unpaired) electrons. The maximum Gasteiger partial charge on any atom is 0.0931 e. The van der Waals surface area contributed by atoms with Crippen molar-refractivity contribution in [1.29, 1.82) is 0 Å². The lowest BCUT2D eigenvalue weighted by molar-refractivity contribution is 0.127. The van der Waals surface area contributed by atoms with Gasteiger partial charge in [0.1, 0.15) is 0 Å². The molecule has 4 heteroatoms. The van der Waals surface area contributed by atoms with E-state index in [4.69, 9.17) is 16.3 Å². The Morgan fingerprint density at radius 3 is 2.93 bits per heavy atom. The molecule has 2 nitrogen and oxygen atoms in total. The predicted octanol–water partition coefficient (Wildman–Crippen LogP) is 2.92. The summed E-state index contributed by atoms with van der Waals surface area (Å²) in [6.07, 6.45) is 0. The molecule has 14 heavy (non-hydrogen) atoms. The zero-order valence-corrected chi connectivity index (χ0v) is 10.1. The van der Waals surface area contributed by atoms with Gasteiger partial charge in [-0.25, -0.2) is 0 Å². The number of nitrogens with one attached hydrogen (secondary N) is 1. The third kappa shape index (κ3) is 4.42. The quantitative estimate of drug-likeness (QED) is 0.816. The minimum Gasteiger partial charge on any atom is -0.380 e. The van der Waals surface area contributed by atoms with Gasteiger partial charge in [-0.15, -0.1) is 11.3 Å². The van der Waals surface area contributed by atoms with Gasteiger partial charge in [-0.1, -0.05) is 11.6 Å². The van der Waals surface area contributed by atoms with Crippen LogP contribution in [0.4, 0.5) is 0 Å². The van der Waals surface area contributed by atoms with E-state index >= 15 is 0 Å². The second kappa shape index (κ2) is 6.40. The molecule has 0 aromatic carbocycles. The van der Waals surface area contributed by atoms with Crippen molar-refractivity contribution in [1.82, 2.24) is 5.32 Å². The largest absolute Gasteiger partial charge is 0.380 e. The van der Waals surface area contributed by atoms with Crippen molar-refractivity contribution in [2.45, 2.75) is 26.4 Å². The summed E-state index contributed by atoms with van der Waals surface area (Å²) < 4.78 is 6.15. The van der Waals surface area contributed by atoms with Crippen molar-refractivity contribution in [3.63, 3.8) is 0 Å². The van der Waals surface area contributed by atoms with Crippen LogP contribution in [0.3, 0.4) is 0 Å². The summed E-state index contributed by atoms with van der Waals surface area (Å²) in [4.78, 5) is 1.26.